The van der Waals surface area contributed by atoms with E-state index in [9.17, 15) is 10.1 Å². The summed E-state index contributed by atoms with van der Waals surface area (Å²) in [6.45, 7) is 9.69. The second kappa shape index (κ2) is 11.4. The molecule has 0 amide bonds. The molecule has 0 aromatic carbocycles. The summed E-state index contributed by atoms with van der Waals surface area (Å²) in [5, 5.41) is 14.0. The van der Waals surface area contributed by atoms with E-state index in [2.05, 4.69) is 39.8 Å². The summed E-state index contributed by atoms with van der Waals surface area (Å²) >= 11 is 0. The van der Waals surface area contributed by atoms with Gasteiger partial charge in [-0.25, -0.2) is 14.5 Å². The molecule has 0 radical (unpaired) electrons. The molecule has 1 aliphatic heterocycles. The van der Waals surface area contributed by atoms with Gasteiger partial charge < -0.3 is 19.0 Å². The van der Waals surface area contributed by atoms with Crippen molar-refractivity contribution >= 4 is 17.6 Å². The number of aldehydes is 1. The second-order valence-electron chi connectivity index (χ2n) is 9.94. The Hall–Kier alpha value is -4.23. The summed E-state index contributed by atoms with van der Waals surface area (Å²) in [5.74, 6) is 2.00. The van der Waals surface area contributed by atoms with Gasteiger partial charge in [0, 0.05) is 68.4 Å². The average Bonchev–Trinajstić information content (AvgIpc) is 3.61. The van der Waals surface area contributed by atoms with Gasteiger partial charge in [-0.05, 0) is 24.1 Å². The molecule has 0 aliphatic carbocycles. The quantitative estimate of drug-likeness (QED) is 0.299. The van der Waals surface area contributed by atoms with E-state index in [0.29, 0.717) is 30.4 Å². The van der Waals surface area contributed by atoms with E-state index in [-0.39, 0.29) is 5.92 Å². The molecule has 1 saturated heterocycles. The molecule has 10 heteroatoms. The average molecular weight is 513 g/mol. The van der Waals surface area contributed by atoms with Crippen molar-refractivity contribution in [2.45, 2.75) is 20.4 Å². The topological polar surface area (TPSA) is 105 Å². The number of nitrogens with zero attached hydrogens (tertiary/aromatic N) is 8. The lowest BCUT2D eigenvalue weighted by molar-refractivity contribution is -0.112. The minimum atomic E-state index is 0.0725. The van der Waals surface area contributed by atoms with Gasteiger partial charge in [-0.1, -0.05) is 13.8 Å². The van der Waals surface area contributed by atoms with Gasteiger partial charge in [0.1, 0.15) is 30.5 Å². The van der Waals surface area contributed by atoms with E-state index in [0.717, 1.165) is 61.5 Å². The predicted octanol–water partition coefficient (Wildman–Crippen LogP) is 3.14. The molecule has 5 heterocycles. The molecular weight excluding hydrogens is 480 g/mol. The summed E-state index contributed by atoms with van der Waals surface area (Å²) in [6.07, 6.45) is 11.7. The number of fused-ring (bicyclic) bond motifs is 1. The number of anilines is 1. The van der Waals surface area contributed by atoms with Gasteiger partial charge in [-0.3, -0.25) is 4.90 Å². The van der Waals surface area contributed by atoms with Crippen molar-refractivity contribution in [3.63, 3.8) is 0 Å². The lowest BCUT2D eigenvalue weighted by Gasteiger charge is -2.36. The summed E-state index contributed by atoms with van der Waals surface area (Å²) in [4.78, 5) is 24.9. The number of aromatic nitrogens is 5. The second-order valence-corrected chi connectivity index (χ2v) is 9.94. The minimum Gasteiger partial charge on any atom is -0.490 e. The number of pyridine rings is 2. The van der Waals surface area contributed by atoms with Gasteiger partial charge in [0.15, 0.2) is 0 Å². The van der Waals surface area contributed by atoms with Crippen LogP contribution < -0.4 is 9.64 Å². The van der Waals surface area contributed by atoms with Gasteiger partial charge in [-0.15, -0.1) is 0 Å². The molecule has 0 saturated carbocycles. The van der Waals surface area contributed by atoms with Crippen molar-refractivity contribution in [2.75, 3.05) is 44.2 Å². The number of ether oxygens (including phenoxy) is 1. The third kappa shape index (κ3) is 5.53. The van der Waals surface area contributed by atoms with E-state index in [4.69, 9.17) is 9.72 Å². The highest BCUT2D eigenvalue weighted by atomic mass is 16.5. The smallest absolute Gasteiger partial charge is 0.138 e. The number of imidazole rings is 1. The first-order valence-electron chi connectivity index (χ1n) is 12.9. The molecule has 196 valence electrons. The summed E-state index contributed by atoms with van der Waals surface area (Å²) in [5.41, 5.74) is 2.96. The molecule has 5 rings (SSSR count). The SMILES string of the molecule is CC(C)C(C=O)CN1CCN(c2ccc(-c3cc(OCCn4ccnc4)cn4ncc(C#N)c34)cn2)CC1. The van der Waals surface area contributed by atoms with E-state index >= 15 is 0 Å². The molecule has 38 heavy (non-hydrogen) atoms. The van der Waals surface area contributed by atoms with Gasteiger partial charge >= 0.3 is 0 Å². The van der Waals surface area contributed by atoms with Crippen LogP contribution in [0.5, 0.6) is 5.75 Å². The Balaban J connectivity index is 1.31. The molecule has 4 aromatic heterocycles. The predicted molar refractivity (Wildman–Crippen MR) is 144 cm³/mol. The summed E-state index contributed by atoms with van der Waals surface area (Å²) in [6, 6.07) is 8.25. The molecule has 4 aromatic rings. The van der Waals surface area contributed by atoms with Crippen LogP contribution in [0.25, 0.3) is 16.6 Å². The maximum absolute atomic E-state index is 11.4. The zero-order valence-corrected chi connectivity index (χ0v) is 21.8. The molecule has 10 nitrogen and oxygen atoms in total. The van der Waals surface area contributed by atoms with Gasteiger partial charge in [0.25, 0.3) is 0 Å². The van der Waals surface area contributed by atoms with Crippen molar-refractivity contribution in [1.29, 1.82) is 5.26 Å². The van der Waals surface area contributed by atoms with Crippen LogP contribution in [0.2, 0.25) is 0 Å². The number of nitriles is 1. The van der Waals surface area contributed by atoms with Crippen molar-refractivity contribution < 1.29 is 9.53 Å². The lowest BCUT2D eigenvalue weighted by atomic mass is 9.97. The highest BCUT2D eigenvalue weighted by molar-refractivity contribution is 5.85. The molecule has 1 aliphatic rings. The first-order valence-corrected chi connectivity index (χ1v) is 12.9. The zero-order chi connectivity index (χ0) is 26.5. The Bertz CT molecular complexity index is 1400. The number of carbonyl (C=O) groups is 1. The van der Waals surface area contributed by atoms with E-state index in [1.54, 1.807) is 29.4 Å². The third-order valence-electron chi connectivity index (χ3n) is 7.14. The van der Waals surface area contributed by atoms with Crippen LogP contribution in [0, 0.1) is 23.2 Å². The van der Waals surface area contributed by atoms with Gasteiger partial charge in [0.2, 0.25) is 0 Å². The van der Waals surface area contributed by atoms with Crippen molar-refractivity contribution in [3.8, 4) is 22.9 Å². The number of hydrogen-bond donors (Lipinski definition) is 0. The van der Waals surface area contributed by atoms with Gasteiger partial charge in [-0.2, -0.15) is 10.4 Å². The standard InChI is InChI=1S/C28H32N8O2/c1-21(2)24(19-37)17-33-7-9-35(10-8-33)27-4-3-22(15-31-27)26-13-25(38-12-11-34-6-5-30-20-34)18-36-28(26)23(14-29)16-32-36/h3-6,13,15-16,18-21,24H,7-12,17H2,1-2H3. The molecule has 0 N–H and O–H groups in total. The van der Waals surface area contributed by atoms with E-state index in [1.807, 2.05) is 35.2 Å². The van der Waals surface area contributed by atoms with Crippen molar-refractivity contribution in [2.24, 2.45) is 11.8 Å². The summed E-state index contributed by atoms with van der Waals surface area (Å²) in [7, 11) is 0. The highest BCUT2D eigenvalue weighted by Crippen LogP contribution is 2.31. The van der Waals surface area contributed by atoms with Crippen LogP contribution in [0.1, 0.15) is 19.4 Å². The fourth-order valence-electron chi connectivity index (χ4n) is 4.77. The number of hydrogen-bond acceptors (Lipinski definition) is 8. The van der Waals surface area contributed by atoms with Crippen LogP contribution in [-0.2, 0) is 11.3 Å². The van der Waals surface area contributed by atoms with Gasteiger partial charge in [0.05, 0.1) is 36.3 Å². The molecule has 1 unspecified atom stereocenters. The van der Waals surface area contributed by atoms with Crippen LogP contribution in [0.3, 0.4) is 0 Å². The molecule has 1 fully saturated rings. The molecule has 1 atom stereocenters. The van der Waals surface area contributed by atoms with E-state index < -0.39 is 0 Å². The fraction of sp³-hybridized carbons (Fsp3) is 0.393. The monoisotopic (exact) mass is 512 g/mol. The Kier molecular flexibility index (Phi) is 7.65. The fourth-order valence-corrected chi connectivity index (χ4v) is 4.77. The maximum atomic E-state index is 11.4. The third-order valence-corrected chi connectivity index (χ3v) is 7.14. The number of carbonyl (C=O) groups excluding carboxylic acids is 1. The Morgan fingerprint density at radius 2 is 2.03 bits per heavy atom. The summed E-state index contributed by atoms with van der Waals surface area (Å²) < 4.78 is 9.67. The number of piperazine rings is 1. The minimum absolute atomic E-state index is 0.0725. The Morgan fingerprint density at radius 3 is 2.68 bits per heavy atom. The van der Waals surface area contributed by atoms with Crippen molar-refractivity contribution in [3.05, 3.63) is 61.1 Å². The zero-order valence-electron chi connectivity index (χ0n) is 21.8. The highest BCUT2D eigenvalue weighted by Gasteiger charge is 2.22. The molecule has 0 spiro atoms. The number of rotatable bonds is 10. The molecule has 0 bridgehead atoms. The van der Waals surface area contributed by atoms with Crippen LogP contribution in [0.4, 0.5) is 5.82 Å². The Morgan fingerprint density at radius 1 is 1.18 bits per heavy atom. The Labute approximate surface area is 222 Å². The maximum Gasteiger partial charge on any atom is 0.138 e. The molecular formula is C28H32N8O2. The van der Waals surface area contributed by atoms with Crippen LogP contribution in [-0.4, -0.2) is 74.7 Å². The van der Waals surface area contributed by atoms with Crippen molar-refractivity contribution in [1.82, 2.24) is 29.0 Å². The van der Waals surface area contributed by atoms with E-state index in [1.165, 1.54) is 0 Å². The normalized spacial score (nSPS) is 15.1. The first kappa shape index (κ1) is 25.4. The first-order chi connectivity index (χ1) is 18.6. The van der Waals surface area contributed by atoms with Crippen LogP contribution >= 0.6 is 0 Å². The lowest BCUT2D eigenvalue weighted by Crippen LogP contribution is -2.48. The van der Waals surface area contributed by atoms with Crippen LogP contribution in [0.15, 0.2) is 55.5 Å². The largest absolute Gasteiger partial charge is 0.490 e.